The summed E-state index contributed by atoms with van der Waals surface area (Å²) in [6, 6.07) is 4.28. The molecule has 2 rings (SSSR count). The van der Waals surface area contributed by atoms with Crippen molar-refractivity contribution in [2.24, 2.45) is 5.73 Å². The molecule has 6 heteroatoms. The van der Waals surface area contributed by atoms with E-state index in [1.54, 1.807) is 6.07 Å². The van der Waals surface area contributed by atoms with Crippen molar-refractivity contribution in [2.75, 3.05) is 11.9 Å². The molecule has 0 aliphatic carbocycles. The van der Waals surface area contributed by atoms with Crippen molar-refractivity contribution in [3.63, 3.8) is 0 Å². The first kappa shape index (κ1) is 13.6. The molecular weight excluding hydrogens is 259 g/mol. The summed E-state index contributed by atoms with van der Waals surface area (Å²) in [5, 5.41) is 2.44. The normalized spacial score (nSPS) is 9.50. The van der Waals surface area contributed by atoms with E-state index in [4.69, 9.17) is 5.73 Å². The van der Waals surface area contributed by atoms with Crippen LogP contribution in [0.25, 0.3) is 0 Å². The summed E-state index contributed by atoms with van der Waals surface area (Å²) in [7, 11) is 0. The molecule has 3 N–H and O–H groups in total. The fraction of sp³-hybridized carbons (Fsp3) is 0.0714. The fourth-order valence-electron chi connectivity index (χ4n) is 1.46. The summed E-state index contributed by atoms with van der Waals surface area (Å²) in [4.78, 5) is 19.3. The minimum Gasteiger partial charge on any atom is -0.320 e. The van der Waals surface area contributed by atoms with Crippen molar-refractivity contribution in [1.29, 1.82) is 0 Å². The molecule has 20 heavy (non-hydrogen) atoms. The number of aromatic nitrogens is 2. The van der Waals surface area contributed by atoms with Gasteiger partial charge in [0.15, 0.2) is 0 Å². The summed E-state index contributed by atoms with van der Waals surface area (Å²) in [6.07, 6.45) is 4.00. The number of halogens is 1. The van der Waals surface area contributed by atoms with Crippen LogP contribution in [-0.2, 0) is 0 Å². The summed E-state index contributed by atoms with van der Waals surface area (Å²) < 4.78 is 13.8. The Labute approximate surface area is 115 Å². The Bertz CT molecular complexity index is 677. The van der Waals surface area contributed by atoms with Gasteiger partial charge in [-0.05, 0) is 18.2 Å². The average Bonchev–Trinajstić information content (AvgIpc) is 2.48. The van der Waals surface area contributed by atoms with Gasteiger partial charge in [0.25, 0.3) is 5.91 Å². The van der Waals surface area contributed by atoms with E-state index in [0.717, 1.165) is 0 Å². The van der Waals surface area contributed by atoms with Crippen LogP contribution in [0.2, 0.25) is 0 Å². The number of carbonyl (C=O) groups excluding carboxylic acids is 1. The second-order valence-electron chi connectivity index (χ2n) is 3.78. The van der Waals surface area contributed by atoms with E-state index < -0.39 is 11.7 Å². The zero-order valence-corrected chi connectivity index (χ0v) is 10.4. The zero-order chi connectivity index (χ0) is 14.4. The minimum atomic E-state index is -0.570. The van der Waals surface area contributed by atoms with Crippen molar-refractivity contribution in [3.05, 3.63) is 53.9 Å². The Morgan fingerprint density at radius 3 is 2.75 bits per heavy atom. The molecule has 1 heterocycles. The van der Waals surface area contributed by atoms with Gasteiger partial charge in [0.05, 0.1) is 17.8 Å². The first-order valence-corrected chi connectivity index (χ1v) is 5.75. The molecule has 1 aromatic heterocycles. The highest BCUT2D eigenvalue weighted by molar-refractivity contribution is 6.03. The van der Waals surface area contributed by atoms with E-state index in [1.165, 1.54) is 30.9 Å². The Morgan fingerprint density at radius 1 is 1.35 bits per heavy atom. The third kappa shape index (κ3) is 3.37. The average molecular weight is 270 g/mol. The van der Waals surface area contributed by atoms with Crippen LogP contribution in [0.5, 0.6) is 0 Å². The molecule has 0 bridgehead atoms. The SMILES string of the molecule is NCC#Cc1ccc(NC(=O)c2cncnc2)c(F)c1. The summed E-state index contributed by atoms with van der Waals surface area (Å²) in [6.45, 7) is 0.202. The molecule has 0 spiro atoms. The van der Waals surface area contributed by atoms with Crippen LogP contribution in [-0.4, -0.2) is 22.4 Å². The summed E-state index contributed by atoms with van der Waals surface area (Å²) in [5.41, 5.74) is 6.05. The molecule has 0 unspecified atom stereocenters. The zero-order valence-electron chi connectivity index (χ0n) is 10.4. The number of rotatable bonds is 2. The Hall–Kier alpha value is -2.78. The second-order valence-corrected chi connectivity index (χ2v) is 3.78. The minimum absolute atomic E-state index is 0.0668. The molecule has 5 nitrogen and oxygen atoms in total. The predicted molar refractivity (Wildman–Crippen MR) is 72.3 cm³/mol. The maximum absolute atomic E-state index is 13.8. The van der Waals surface area contributed by atoms with Crippen molar-refractivity contribution in [2.45, 2.75) is 0 Å². The van der Waals surface area contributed by atoms with Gasteiger partial charge < -0.3 is 11.1 Å². The van der Waals surface area contributed by atoms with Gasteiger partial charge in [-0.3, -0.25) is 4.79 Å². The number of nitrogens with one attached hydrogen (secondary N) is 1. The van der Waals surface area contributed by atoms with E-state index in [1.807, 2.05) is 0 Å². The molecule has 0 atom stereocenters. The van der Waals surface area contributed by atoms with Crippen molar-refractivity contribution >= 4 is 11.6 Å². The van der Waals surface area contributed by atoms with Gasteiger partial charge >= 0.3 is 0 Å². The fourth-order valence-corrected chi connectivity index (χ4v) is 1.46. The van der Waals surface area contributed by atoms with Gasteiger partial charge in [0, 0.05) is 18.0 Å². The second kappa shape index (κ2) is 6.41. The lowest BCUT2D eigenvalue weighted by Gasteiger charge is -2.06. The van der Waals surface area contributed by atoms with Crippen molar-refractivity contribution in [1.82, 2.24) is 9.97 Å². The first-order chi connectivity index (χ1) is 9.70. The number of hydrogen-bond donors (Lipinski definition) is 2. The summed E-state index contributed by atoms with van der Waals surface area (Å²) >= 11 is 0. The van der Waals surface area contributed by atoms with Crippen LogP contribution >= 0.6 is 0 Å². The Morgan fingerprint density at radius 2 is 2.10 bits per heavy atom. The smallest absolute Gasteiger partial charge is 0.258 e. The molecule has 0 radical (unpaired) electrons. The molecule has 1 aromatic carbocycles. The van der Waals surface area contributed by atoms with Crippen LogP contribution in [0.4, 0.5) is 10.1 Å². The van der Waals surface area contributed by atoms with Crippen molar-refractivity contribution < 1.29 is 9.18 Å². The van der Waals surface area contributed by atoms with Gasteiger partial charge in [-0.25, -0.2) is 14.4 Å². The molecule has 0 saturated carbocycles. The number of carbonyl (C=O) groups is 1. The Balaban J connectivity index is 2.16. The van der Waals surface area contributed by atoms with Crippen LogP contribution in [0.3, 0.4) is 0 Å². The van der Waals surface area contributed by atoms with Gasteiger partial charge in [0.1, 0.15) is 12.1 Å². The lowest BCUT2D eigenvalue weighted by atomic mass is 10.2. The molecule has 100 valence electrons. The van der Waals surface area contributed by atoms with Crippen LogP contribution in [0.1, 0.15) is 15.9 Å². The van der Waals surface area contributed by atoms with Crippen LogP contribution in [0, 0.1) is 17.7 Å². The van der Waals surface area contributed by atoms with Crippen LogP contribution in [0.15, 0.2) is 36.9 Å². The maximum atomic E-state index is 13.8. The molecule has 0 fully saturated rings. The number of nitrogens with zero attached hydrogens (tertiary/aromatic N) is 2. The lowest BCUT2D eigenvalue weighted by Crippen LogP contribution is -2.13. The number of amides is 1. The predicted octanol–water partition coefficient (Wildman–Crippen LogP) is 1.18. The van der Waals surface area contributed by atoms with Gasteiger partial charge in [0.2, 0.25) is 0 Å². The van der Waals surface area contributed by atoms with Gasteiger partial charge in [-0.15, -0.1) is 0 Å². The quantitative estimate of drug-likeness (QED) is 0.803. The molecule has 0 aliphatic rings. The van der Waals surface area contributed by atoms with E-state index in [0.29, 0.717) is 5.56 Å². The lowest BCUT2D eigenvalue weighted by molar-refractivity contribution is 0.102. The third-order valence-corrected chi connectivity index (χ3v) is 2.37. The molecule has 2 aromatic rings. The van der Waals surface area contributed by atoms with E-state index >= 15 is 0 Å². The standard InChI is InChI=1S/C14H11FN4O/c15-12-6-10(2-1-5-16)3-4-13(12)19-14(20)11-7-17-9-18-8-11/h3-4,6-9H,5,16H2,(H,19,20). The number of benzene rings is 1. The van der Waals surface area contributed by atoms with E-state index in [9.17, 15) is 9.18 Å². The number of hydrogen-bond acceptors (Lipinski definition) is 4. The molecular formula is C14H11FN4O. The molecule has 1 amide bonds. The van der Waals surface area contributed by atoms with Gasteiger partial charge in [-0.1, -0.05) is 11.8 Å². The topological polar surface area (TPSA) is 80.9 Å². The first-order valence-electron chi connectivity index (χ1n) is 5.75. The number of nitrogens with two attached hydrogens (primary N) is 1. The Kier molecular flexibility index (Phi) is 4.37. The number of anilines is 1. The molecule has 0 aliphatic heterocycles. The maximum Gasteiger partial charge on any atom is 0.258 e. The largest absolute Gasteiger partial charge is 0.320 e. The highest BCUT2D eigenvalue weighted by Gasteiger charge is 2.09. The van der Waals surface area contributed by atoms with Crippen LogP contribution < -0.4 is 11.1 Å². The van der Waals surface area contributed by atoms with E-state index in [-0.39, 0.29) is 17.8 Å². The third-order valence-electron chi connectivity index (χ3n) is 2.37. The summed E-state index contributed by atoms with van der Waals surface area (Å²) in [5.74, 6) is 4.28. The van der Waals surface area contributed by atoms with Gasteiger partial charge in [-0.2, -0.15) is 0 Å². The molecule has 0 saturated heterocycles. The van der Waals surface area contributed by atoms with E-state index in [2.05, 4.69) is 27.1 Å². The highest BCUT2D eigenvalue weighted by atomic mass is 19.1. The van der Waals surface area contributed by atoms with Crippen molar-refractivity contribution in [3.8, 4) is 11.8 Å². The highest BCUT2D eigenvalue weighted by Crippen LogP contribution is 2.16. The monoisotopic (exact) mass is 270 g/mol.